The van der Waals surface area contributed by atoms with Crippen molar-refractivity contribution in [1.29, 1.82) is 0 Å². The minimum atomic E-state index is -4.66. The van der Waals surface area contributed by atoms with Gasteiger partial charge in [-0.2, -0.15) is 26.9 Å². The molecule has 1 N–H and O–H groups in total. The van der Waals surface area contributed by atoms with Gasteiger partial charge in [0.1, 0.15) is 17.2 Å². The van der Waals surface area contributed by atoms with E-state index < -0.39 is 29.2 Å². The highest BCUT2D eigenvalue weighted by Gasteiger charge is 2.32. The zero-order valence-corrected chi connectivity index (χ0v) is 20.6. The number of ether oxygens (including phenoxy) is 2. The van der Waals surface area contributed by atoms with Crippen LogP contribution in [0.25, 0.3) is 11.2 Å². The number of rotatable bonds is 9. The lowest BCUT2D eigenvalue weighted by atomic mass is 10.2. The number of fused-ring (bicyclic) bond motifs is 1. The standard InChI is InChI=1S/C24H22F5N5O5/c1-23(25,26)39-16-6-3-5-15(11-16)38-21-31-19-18(20(36)33(9-4-10-35)22(37)32(19)2)34(21)13-14-7-8-17(30-12-14)24(27,28)29/h3,5-8,11-12,35H,4,9-10,13H2,1-2H3. The lowest BCUT2D eigenvalue weighted by Crippen LogP contribution is -2.39. The number of aryl methyl sites for hydroxylation is 1. The third-order valence-electron chi connectivity index (χ3n) is 5.50. The molecular weight excluding hydrogens is 533 g/mol. The van der Waals surface area contributed by atoms with E-state index in [-0.39, 0.29) is 60.4 Å². The van der Waals surface area contributed by atoms with Crippen LogP contribution in [-0.2, 0) is 26.3 Å². The quantitative estimate of drug-likeness (QED) is 0.315. The molecule has 0 radical (unpaired) electrons. The first kappa shape index (κ1) is 27.8. The van der Waals surface area contributed by atoms with Crippen LogP contribution in [0.2, 0.25) is 0 Å². The van der Waals surface area contributed by atoms with E-state index in [9.17, 15) is 36.6 Å². The van der Waals surface area contributed by atoms with Crippen LogP contribution in [0.5, 0.6) is 17.5 Å². The van der Waals surface area contributed by atoms with Crippen LogP contribution in [-0.4, -0.2) is 41.5 Å². The second kappa shape index (κ2) is 10.5. The van der Waals surface area contributed by atoms with Crippen LogP contribution >= 0.6 is 0 Å². The maximum Gasteiger partial charge on any atom is 0.433 e. The number of hydrogen-bond donors (Lipinski definition) is 1. The molecule has 0 spiro atoms. The molecule has 0 aliphatic rings. The third kappa shape index (κ3) is 6.08. The van der Waals surface area contributed by atoms with Crippen LogP contribution in [0.4, 0.5) is 22.0 Å². The van der Waals surface area contributed by atoms with Crippen LogP contribution in [0, 0.1) is 0 Å². The first-order chi connectivity index (χ1) is 18.3. The van der Waals surface area contributed by atoms with Gasteiger partial charge >= 0.3 is 24.0 Å². The highest BCUT2D eigenvalue weighted by atomic mass is 19.4. The molecule has 0 saturated carbocycles. The number of pyridine rings is 1. The van der Waals surface area contributed by atoms with E-state index in [1.54, 1.807) is 0 Å². The molecule has 4 rings (SSSR count). The Hall–Kier alpha value is -4.27. The molecule has 3 heterocycles. The maximum atomic E-state index is 13.4. The van der Waals surface area contributed by atoms with E-state index in [2.05, 4.69) is 14.7 Å². The fourth-order valence-electron chi connectivity index (χ4n) is 3.78. The molecule has 10 nitrogen and oxygen atoms in total. The van der Waals surface area contributed by atoms with Gasteiger partial charge in [-0.15, -0.1) is 0 Å². The van der Waals surface area contributed by atoms with Crippen molar-refractivity contribution in [2.75, 3.05) is 6.61 Å². The number of aliphatic hydroxyl groups excluding tert-OH is 1. The molecule has 0 fully saturated rings. The van der Waals surface area contributed by atoms with Crippen LogP contribution in [0.1, 0.15) is 24.6 Å². The Morgan fingerprint density at radius 3 is 2.36 bits per heavy atom. The molecule has 0 aliphatic heterocycles. The average Bonchev–Trinajstić information content (AvgIpc) is 3.19. The summed E-state index contributed by atoms with van der Waals surface area (Å²) >= 11 is 0. The predicted molar refractivity (Wildman–Crippen MR) is 127 cm³/mol. The van der Waals surface area contributed by atoms with Gasteiger partial charge in [0.2, 0.25) is 0 Å². The maximum absolute atomic E-state index is 13.4. The second-order valence-electron chi connectivity index (χ2n) is 8.56. The van der Waals surface area contributed by atoms with Crippen molar-refractivity contribution in [2.45, 2.75) is 38.7 Å². The Kier molecular flexibility index (Phi) is 7.46. The predicted octanol–water partition coefficient (Wildman–Crippen LogP) is 3.53. The van der Waals surface area contributed by atoms with E-state index in [1.165, 1.54) is 29.8 Å². The minimum Gasteiger partial charge on any atom is -0.433 e. The Morgan fingerprint density at radius 2 is 1.74 bits per heavy atom. The van der Waals surface area contributed by atoms with Crippen molar-refractivity contribution >= 4 is 11.2 Å². The number of nitrogens with zero attached hydrogens (tertiary/aromatic N) is 5. The minimum absolute atomic E-state index is 0.00976. The third-order valence-corrected chi connectivity index (χ3v) is 5.50. The van der Waals surface area contributed by atoms with Crippen LogP contribution < -0.4 is 20.7 Å². The summed E-state index contributed by atoms with van der Waals surface area (Å²) in [6.07, 6.45) is -7.05. The zero-order valence-electron chi connectivity index (χ0n) is 20.6. The van der Waals surface area contributed by atoms with Gasteiger partial charge in [0.05, 0.1) is 6.54 Å². The van der Waals surface area contributed by atoms with Gasteiger partial charge in [-0.1, -0.05) is 12.1 Å². The first-order valence-electron chi connectivity index (χ1n) is 11.5. The summed E-state index contributed by atoms with van der Waals surface area (Å²) in [5, 5.41) is 9.18. The van der Waals surface area contributed by atoms with Gasteiger partial charge in [0.15, 0.2) is 11.2 Å². The highest BCUT2D eigenvalue weighted by Crippen LogP contribution is 2.30. The molecule has 39 heavy (non-hydrogen) atoms. The van der Waals surface area contributed by atoms with Crippen molar-refractivity contribution < 1.29 is 36.5 Å². The van der Waals surface area contributed by atoms with Crippen molar-refractivity contribution in [1.82, 2.24) is 23.7 Å². The fourth-order valence-corrected chi connectivity index (χ4v) is 3.78. The van der Waals surface area contributed by atoms with E-state index in [4.69, 9.17) is 4.74 Å². The van der Waals surface area contributed by atoms with Crippen LogP contribution in [0.3, 0.4) is 0 Å². The Morgan fingerprint density at radius 1 is 1.03 bits per heavy atom. The number of halogens is 5. The van der Waals surface area contributed by atoms with Gasteiger partial charge < -0.3 is 14.6 Å². The molecule has 0 bridgehead atoms. The van der Waals surface area contributed by atoms with Gasteiger partial charge in [-0.05, 0) is 30.2 Å². The SMILES string of the molecule is Cn1c(=O)n(CCCO)c(=O)c2c1nc(Oc1cccc(OC(C)(F)F)c1)n2Cc1ccc(C(F)(F)F)nc1. The van der Waals surface area contributed by atoms with E-state index in [0.29, 0.717) is 6.92 Å². The molecule has 1 aromatic carbocycles. The van der Waals surface area contributed by atoms with Gasteiger partial charge in [0.25, 0.3) is 5.56 Å². The Bertz CT molecular complexity index is 1600. The monoisotopic (exact) mass is 555 g/mol. The van der Waals surface area contributed by atoms with Gasteiger partial charge in [-0.3, -0.25) is 23.5 Å². The molecule has 0 saturated heterocycles. The molecule has 4 aromatic rings. The molecule has 0 aliphatic carbocycles. The molecule has 0 atom stereocenters. The number of aliphatic hydroxyl groups is 1. The first-order valence-corrected chi connectivity index (χ1v) is 11.5. The summed E-state index contributed by atoms with van der Waals surface area (Å²) in [5.74, 6) is -0.238. The average molecular weight is 555 g/mol. The smallest absolute Gasteiger partial charge is 0.433 e. The summed E-state index contributed by atoms with van der Waals surface area (Å²) in [6.45, 7) is -0.0759. The molecule has 0 unspecified atom stereocenters. The largest absolute Gasteiger partial charge is 0.433 e. The normalized spacial score (nSPS) is 12.2. The molecule has 15 heteroatoms. The molecule has 0 amide bonds. The summed E-state index contributed by atoms with van der Waals surface area (Å²) < 4.78 is 79.1. The van der Waals surface area contributed by atoms with Crippen LogP contribution in [0.15, 0.2) is 52.2 Å². The fraction of sp³-hybridized carbons (Fsp3) is 0.333. The number of aromatic nitrogens is 5. The van der Waals surface area contributed by atoms with Gasteiger partial charge in [0, 0.05) is 39.4 Å². The summed E-state index contributed by atoms with van der Waals surface area (Å²) in [4.78, 5) is 33.9. The Labute approximate surface area is 216 Å². The summed E-state index contributed by atoms with van der Waals surface area (Å²) in [7, 11) is 1.36. The Balaban J connectivity index is 1.86. The number of hydrogen-bond acceptors (Lipinski definition) is 7. The molecule has 3 aromatic heterocycles. The van der Waals surface area contributed by atoms with Crippen molar-refractivity contribution in [3.8, 4) is 17.5 Å². The molecular formula is C24H22F5N5O5. The van der Waals surface area contributed by atoms with Crippen molar-refractivity contribution in [3.05, 3.63) is 74.7 Å². The van der Waals surface area contributed by atoms with Crippen molar-refractivity contribution in [3.63, 3.8) is 0 Å². The number of imidazole rings is 1. The van der Waals surface area contributed by atoms with Gasteiger partial charge in [-0.25, -0.2) is 4.79 Å². The van der Waals surface area contributed by atoms with Crippen molar-refractivity contribution in [2.24, 2.45) is 7.05 Å². The zero-order chi connectivity index (χ0) is 28.5. The number of benzene rings is 1. The second-order valence-corrected chi connectivity index (χ2v) is 8.56. The highest BCUT2D eigenvalue weighted by molar-refractivity contribution is 5.72. The number of alkyl halides is 5. The van der Waals surface area contributed by atoms with E-state index in [1.807, 2.05) is 0 Å². The van der Waals surface area contributed by atoms with E-state index in [0.717, 1.165) is 33.5 Å². The summed E-state index contributed by atoms with van der Waals surface area (Å²) in [5.41, 5.74) is -2.56. The topological polar surface area (TPSA) is 113 Å². The van der Waals surface area contributed by atoms with E-state index >= 15 is 0 Å². The lowest BCUT2D eigenvalue weighted by Gasteiger charge is -2.14. The molecule has 208 valence electrons. The summed E-state index contributed by atoms with van der Waals surface area (Å²) in [6, 6.07) is 6.89. The lowest BCUT2D eigenvalue weighted by molar-refractivity contribution is -0.159.